The predicted octanol–water partition coefficient (Wildman–Crippen LogP) is 4.86. The zero-order valence-electron chi connectivity index (χ0n) is 15.5. The fraction of sp³-hybridized carbons (Fsp3) is 0.0800. The van der Waals surface area contributed by atoms with Gasteiger partial charge in [0.25, 0.3) is 0 Å². The fourth-order valence-electron chi connectivity index (χ4n) is 3.89. The molecule has 1 aliphatic rings. The van der Waals surface area contributed by atoms with Gasteiger partial charge in [0, 0.05) is 16.5 Å². The van der Waals surface area contributed by atoms with E-state index in [9.17, 15) is 9.59 Å². The number of para-hydroxylation sites is 1. The number of aromatic nitrogens is 1. The number of esters is 1. The van der Waals surface area contributed by atoms with Crippen LogP contribution in [0.15, 0.2) is 84.9 Å². The number of benzene rings is 3. The lowest BCUT2D eigenvalue weighted by molar-refractivity contribution is -0.138. The Morgan fingerprint density at radius 3 is 2.28 bits per heavy atom. The molecule has 0 aliphatic carbocycles. The first-order valence-electron chi connectivity index (χ1n) is 9.50. The van der Waals surface area contributed by atoms with Crippen molar-refractivity contribution < 1.29 is 14.3 Å². The summed E-state index contributed by atoms with van der Waals surface area (Å²) in [4.78, 5) is 30.2. The van der Waals surface area contributed by atoms with Gasteiger partial charge in [0.05, 0.1) is 5.52 Å². The van der Waals surface area contributed by atoms with Crippen LogP contribution in [0.4, 0.5) is 0 Å². The molecule has 140 valence electrons. The lowest BCUT2D eigenvalue weighted by atomic mass is 9.85. The van der Waals surface area contributed by atoms with Crippen LogP contribution >= 0.6 is 0 Å². The summed E-state index contributed by atoms with van der Waals surface area (Å²) >= 11 is 0. The fourth-order valence-corrected chi connectivity index (χ4v) is 3.89. The van der Waals surface area contributed by atoms with Crippen molar-refractivity contribution in [2.24, 2.45) is 5.92 Å². The van der Waals surface area contributed by atoms with Crippen molar-refractivity contribution in [1.82, 2.24) is 4.98 Å². The molecule has 0 bridgehead atoms. The van der Waals surface area contributed by atoms with Gasteiger partial charge in [-0.25, -0.2) is 4.98 Å². The van der Waals surface area contributed by atoms with Gasteiger partial charge in [0.2, 0.25) is 5.88 Å². The van der Waals surface area contributed by atoms with Crippen molar-refractivity contribution in [2.45, 2.75) is 6.42 Å². The summed E-state index contributed by atoms with van der Waals surface area (Å²) in [5.41, 5.74) is 4.03. The Hall–Kier alpha value is -3.79. The van der Waals surface area contributed by atoms with Gasteiger partial charge in [-0.1, -0.05) is 78.9 Å². The molecule has 0 radical (unpaired) electrons. The molecular weight excluding hydrogens is 362 g/mol. The van der Waals surface area contributed by atoms with E-state index >= 15 is 0 Å². The van der Waals surface area contributed by atoms with Gasteiger partial charge >= 0.3 is 5.97 Å². The molecule has 4 aromatic rings. The SMILES string of the molecule is O=C1Oc2nc3ccccc3c(-c3ccccc3)c2CC1C(=O)c1ccccc1. The van der Waals surface area contributed by atoms with E-state index in [1.54, 1.807) is 24.3 Å². The maximum absolute atomic E-state index is 13.0. The Labute approximate surface area is 167 Å². The van der Waals surface area contributed by atoms with E-state index in [0.29, 0.717) is 11.4 Å². The third-order valence-corrected chi connectivity index (χ3v) is 5.28. The Morgan fingerprint density at radius 2 is 1.52 bits per heavy atom. The van der Waals surface area contributed by atoms with E-state index in [0.717, 1.165) is 27.6 Å². The van der Waals surface area contributed by atoms with Crippen LogP contribution in [0.3, 0.4) is 0 Å². The quantitative estimate of drug-likeness (QED) is 0.290. The number of ketones is 1. The summed E-state index contributed by atoms with van der Waals surface area (Å²) in [7, 11) is 0. The minimum absolute atomic E-state index is 0.228. The molecular formula is C25H17NO3. The van der Waals surface area contributed by atoms with E-state index in [-0.39, 0.29) is 12.2 Å². The smallest absolute Gasteiger partial charge is 0.323 e. The first-order chi connectivity index (χ1) is 14.2. The summed E-state index contributed by atoms with van der Waals surface area (Å²) in [6.07, 6.45) is 0.268. The predicted molar refractivity (Wildman–Crippen MR) is 111 cm³/mol. The highest BCUT2D eigenvalue weighted by Gasteiger charge is 2.37. The highest BCUT2D eigenvalue weighted by atomic mass is 16.5. The first kappa shape index (κ1) is 17.3. The van der Waals surface area contributed by atoms with Crippen molar-refractivity contribution >= 4 is 22.7 Å². The molecule has 1 atom stereocenters. The van der Waals surface area contributed by atoms with E-state index < -0.39 is 11.9 Å². The first-order valence-corrected chi connectivity index (χ1v) is 9.50. The van der Waals surface area contributed by atoms with Gasteiger partial charge in [-0.2, -0.15) is 0 Å². The van der Waals surface area contributed by atoms with Crippen LogP contribution in [0.2, 0.25) is 0 Å². The Balaban J connectivity index is 1.69. The average Bonchev–Trinajstić information content (AvgIpc) is 2.78. The second kappa shape index (κ2) is 6.99. The number of ether oxygens (including phenoxy) is 1. The Kier molecular flexibility index (Phi) is 4.17. The lowest BCUT2D eigenvalue weighted by Gasteiger charge is -2.25. The monoisotopic (exact) mass is 379 g/mol. The second-order valence-corrected chi connectivity index (χ2v) is 7.06. The van der Waals surface area contributed by atoms with Crippen LogP contribution in [0.25, 0.3) is 22.0 Å². The van der Waals surface area contributed by atoms with Gasteiger partial charge < -0.3 is 4.74 Å². The number of pyridine rings is 1. The average molecular weight is 379 g/mol. The molecule has 4 nitrogen and oxygen atoms in total. The van der Waals surface area contributed by atoms with Crippen LogP contribution in [-0.2, 0) is 11.2 Å². The van der Waals surface area contributed by atoms with Gasteiger partial charge in [-0.15, -0.1) is 0 Å². The molecule has 2 heterocycles. The summed E-state index contributed by atoms with van der Waals surface area (Å²) in [6, 6.07) is 26.6. The molecule has 29 heavy (non-hydrogen) atoms. The van der Waals surface area contributed by atoms with Gasteiger partial charge in [-0.05, 0) is 23.6 Å². The molecule has 1 unspecified atom stereocenters. The molecule has 4 heteroatoms. The number of nitrogens with zero attached hydrogens (tertiary/aromatic N) is 1. The van der Waals surface area contributed by atoms with E-state index in [2.05, 4.69) is 4.98 Å². The molecule has 0 saturated heterocycles. The molecule has 0 amide bonds. The molecule has 0 fully saturated rings. The molecule has 0 N–H and O–H groups in total. The zero-order chi connectivity index (χ0) is 19.8. The van der Waals surface area contributed by atoms with Crippen LogP contribution in [-0.4, -0.2) is 16.7 Å². The van der Waals surface area contributed by atoms with Crippen molar-refractivity contribution in [3.8, 4) is 17.0 Å². The molecule has 5 rings (SSSR count). The van der Waals surface area contributed by atoms with E-state index in [1.807, 2.05) is 60.7 Å². The maximum atomic E-state index is 13.0. The molecule has 1 aliphatic heterocycles. The minimum atomic E-state index is -0.879. The van der Waals surface area contributed by atoms with Crippen LogP contribution < -0.4 is 4.74 Å². The largest absolute Gasteiger partial charge is 0.407 e. The number of fused-ring (bicyclic) bond motifs is 2. The van der Waals surface area contributed by atoms with Crippen LogP contribution in [0, 0.1) is 5.92 Å². The molecule has 1 aromatic heterocycles. The van der Waals surface area contributed by atoms with Crippen molar-refractivity contribution in [3.05, 3.63) is 96.1 Å². The summed E-state index contributed by atoms with van der Waals surface area (Å²) < 4.78 is 5.59. The van der Waals surface area contributed by atoms with E-state index in [4.69, 9.17) is 4.74 Å². The number of hydrogen-bond donors (Lipinski definition) is 0. The molecule has 0 spiro atoms. The number of rotatable bonds is 3. The van der Waals surface area contributed by atoms with Crippen molar-refractivity contribution in [2.75, 3.05) is 0 Å². The molecule has 0 saturated carbocycles. The normalized spacial score (nSPS) is 15.6. The van der Waals surface area contributed by atoms with Gasteiger partial charge in [0.1, 0.15) is 5.92 Å². The Bertz CT molecular complexity index is 1230. The lowest BCUT2D eigenvalue weighted by Crippen LogP contribution is -2.34. The van der Waals surface area contributed by atoms with Crippen molar-refractivity contribution in [3.63, 3.8) is 0 Å². The topological polar surface area (TPSA) is 56.3 Å². The zero-order valence-corrected chi connectivity index (χ0v) is 15.5. The highest BCUT2D eigenvalue weighted by Crippen LogP contribution is 2.40. The summed E-state index contributed by atoms with van der Waals surface area (Å²) in [6.45, 7) is 0. The standard InChI is InChI=1S/C25H17NO3/c27-23(17-11-5-2-6-12-17)20-15-19-22(16-9-3-1-4-10-16)18-13-7-8-14-21(18)26-24(19)29-25(20)28/h1-14,20H,15H2. The van der Waals surface area contributed by atoms with Gasteiger partial charge in [-0.3, -0.25) is 9.59 Å². The third kappa shape index (κ3) is 2.99. The number of carbonyl (C=O) groups is 2. The maximum Gasteiger partial charge on any atom is 0.323 e. The Morgan fingerprint density at radius 1 is 0.862 bits per heavy atom. The number of hydrogen-bond acceptors (Lipinski definition) is 4. The summed E-state index contributed by atoms with van der Waals surface area (Å²) in [5, 5.41) is 0.973. The van der Waals surface area contributed by atoms with Crippen LogP contribution in [0.1, 0.15) is 15.9 Å². The number of Topliss-reactive ketones (excluding diaryl/α,β-unsaturated/α-hetero) is 1. The minimum Gasteiger partial charge on any atom is -0.407 e. The third-order valence-electron chi connectivity index (χ3n) is 5.28. The van der Waals surface area contributed by atoms with E-state index in [1.165, 1.54) is 0 Å². The highest BCUT2D eigenvalue weighted by molar-refractivity contribution is 6.10. The summed E-state index contributed by atoms with van der Waals surface area (Å²) in [5.74, 6) is -1.36. The van der Waals surface area contributed by atoms with Gasteiger partial charge in [0.15, 0.2) is 5.78 Å². The molecule has 3 aromatic carbocycles. The van der Waals surface area contributed by atoms with Crippen LogP contribution in [0.5, 0.6) is 5.88 Å². The van der Waals surface area contributed by atoms with Crippen molar-refractivity contribution in [1.29, 1.82) is 0 Å². The number of carbonyl (C=O) groups excluding carboxylic acids is 2. The second-order valence-electron chi connectivity index (χ2n) is 7.06.